The molecule has 0 bridgehead atoms. The molecule has 1 heterocycles. The first kappa shape index (κ1) is 24.4. The number of phenols is 1. The third kappa shape index (κ3) is 6.06. The van der Waals surface area contributed by atoms with E-state index in [1.165, 1.54) is 0 Å². The van der Waals surface area contributed by atoms with Gasteiger partial charge in [0.15, 0.2) is 0 Å². The monoisotopic (exact) mass is 436 g/mol. The van der Waals surface area contributed by atoms with Crippen molar-refractivity contribution in [3.8, 4) is 5.75 Å². The zero-order chi connectivity index (χ0) is 22.5. The summed E-state index contributed by atoms with van der Waals surface area (Å²) < 4.78 is 5.63. The molecular weight excluding hydrogens is 400 g/mol. The van der Waals surface area contributed by atoms with E-state index in [-0.39, 0.29) is 35.0 Å². The molecule has 1 aromatic rings. The zero-order valence-electron chi connectivity index (χ0n) is 19.1. The standard InChI is InChI=1S/C23H36N2O4S/c1-7-24(17-11-9-12-18(26)15-17)21(27)16(3)20(30-8-2)19-13-10-14-25(19)22(28)29-23(4,5)6/h9,11-12,15-16,19-20,26H,7-8,10,13-14H2,1-6H3/t16-,19+,20-/m1/s1. The largest absolute Gasteiger partial charge is 0.508 e. The molecule has 1 N–H and O–H groups in total. The normalized spacial score (nSPS) is 18.7. The van der Waals surface area contributed by atoms with Gasteiger partial charge in [0.1, 0.15) is 11.4 Å². The van der Waals surface area contributed by atoms with E-state index in [4.69, 9.17) is 4.74 Å². The van der Waals surface area contributed by atoms with E-state index < -0.39 is 5.60 Å². The van der Waals surface area contributed by atoms with Gasteiger partial charge in [-0.2, -0.15) is 11.8 Å². The van der Waals surface area contributed by atoms with Gasteiger partial charge in [-0.25, -0.2) is 4.79 Å². The number of carbonyl (C=O) groups is 2. The number of benzene rings is 1. The third-order valence-corrected chi connectivity index (χ3v) is 6.71. The molecule has 1 aliphatic heterocycles. The number of aromatic hydroxyl groups is 1. The van der Waals surface area contributed by atoms with Gasteiger partial charge in [0, 0.05) is 42.1 Å². The lowest BCUT2D eigenvalue weighted by Crippen LogP contribution is -2.49. The van der Waals surface area contributed by atoms with Crippen molar-refractivity contribution >= 4 is 29.4 Å². The fourth-order valence-electron chi connectivity index (χ4n) is 3.98. The molecule has 0 unspecified atom stereocenters. The molecule has 0 aromatic heterocycles. The Labute approximate surface area is 185 Å². The van der Waals surface area contributed by atoms with Crippen LogP contribution in [0.3, 0.4) is 0 Å². The quantitative estimate of drug-likeness (QED) is 0.658. The topological polar surface area (TPSA) is 70.1 Å². The second-order valence-electron chi connectivity index (χ2n) is 8.69. The number of rotatable bonds is 7. The van der Waals surface area contributed by atoms with E-state index in [1.54, 1.807) is 34.9 Å². The van der Waals surface area contributed by atoms with Crippen LogP contribution in [-0.2, 0) is 9.53 Å². The van der Waals surface area contributed by atoms with Crippen LogP contribution in [0, 0.1) is 5.92 Å². The zero-order valence-corrected chi connectivity index (χ0v) is 19.9. The van der Waals surface area contributed by atoms with Crippen molar-refractivity contribution in [1.82, 2.24) is 4.90 Å². The van der Waals surface area contributed by atoms with E-state index in [2.05, 4.69) is 6.92 Å². The van der Waals surface area contributed by atoms with E-state index in [0.717, 1.165) is 18.6 Å². The number of hydrogen-bond acceptors (Lipinski definition) is 5. The van der Waals surface area contributed by atoms with Crippen LogP contribution in [0.1, 0.15) is 54.4 Å². The Bertz CT molecular complexity index is 734. The summed E-state index contributed by atoms with van der Waals surface area (Å²) in [6, 6.07) is 6.74. The lowest BCUT2D eigenvalue weighted by molar-refractivity contribution is -0.122. The van der Waals surface area contributed by atoms with Crippen molar-refractivity contribution in [1.29, 1.82) is 0 Å². The number of amides is 2. The van der Waals surface area contributed by atoms with Crippen molar-refractivity contribution in [3.63, 3.8) is 0 Å². The van der Waals surface area contributed by atoms with E-state index in [9.17, 15) is 14.7 Å². The molecule has 7 heteroatoms. The molecule has 1 aliphatic rings. The first-order valence-electron chi connectivity index (χ1n) is 10.8. The summed E-state index contributed by atoms with van der Waals surface area (Å²) >= 11 is 1.73. The summed E-state index contributed by atoms with van der Waals surface area (Å²) in [7, 11) is 0. The van der Waals surface area contributed by atoms with E-state index in [1.807, 2.05) is 45.6 Å². The minimum Gasteiger partial charge on any atom is -0.508 e. The van der Waals surface area contributed by atoms with Gasteiger partial charge in [0.2, 0.25) is 5.91 Å². The number of thioether (sulfide) groups is 1. The smallest absolute Gasteiger partial charge is 0.410 e. The Morgan fingerprint density at radius 2 is 2.03 bits per heavy atom. The number of phenolic OH excluding ortho intramolecular Hbond substituents is 1. The van der Waals surface area contributed by atoms with Crippen LogP contribution in [0.2, 0.25) is 0 Å². The minimum absolute atomic E-state index is 0.00471. The Morgan fingerprint density at radius 1 is 1.33 bits per heavy atom. The Morgan fingerprint density at radius 3 is 2.60 bits per heavy atom. The highest BCUT2D eigenvalue weighted by atomic mass is 32.2. The second kappa shape index (κ2) is 10.4. The molecule has 0 spiro atoms. The molecule has 168 valence electrons. The summed E-state index contributed by atoms with van der Waals surface area (Å²) in [5, 5.41) is 9.81. The predicted molar refractivity (Wildman–Crippen MR) is 123 cm³/mol. The SMILES string of the molecule is CCS[C@H]([C@@H](C)C(=O)N(CC)c1cccc(O)c1)[C@@H]1CCCN1C(=O)OC(C)(C)C. The van der Waals surface area contributed by atoms with Gasteiger partial charge in [-0.05, 0) is 58.4 Å². The Balaban J connectivity index is 2.24. The molecule has 2 rings (SSSR count). The molecule has 1 fully saturated rings. The molecule has 0 radical (unpaired) electrons. The number of anilines is 1. The molecule has 1 saturated heterocycles. The molecule has 3 atom stereocenters. The van der Waals surface area contributed by atoms with Gasteiger partial charge in [-0.3, -0.25) is 4.79 Å². The van der Waals surface area contributed by atoms with Crippen molar-refractivity contribution < 1.29 is 19.4 Å². The summed E-state index contributed by atoms with van der Waals surface area (Å²) in [6.07, 6.45) is 1.48. The van der Waals surface area contributed by atoms with Crippen LogP contribution in [-0.4, -0.2) is 57.7 Å². The second-order valence-corrected chi connectivity index (χ2v) is 10.1. The van der Waals surface area contributed by atoms with Gasteiger partial charge >= 0.3 is 6.09 Å². The minimum atomic E-state index is -0.548. The third-order valence-electron chi connectivity index (χ3n) is 5.27. The molecule has 2 amide bonds. The maximum absolute atomic E-state index is 13.5. The van der Waals surface area contributed by atoms with Gasteiger partial charge in [-0.1, -0.05) is 19.9 Å². The van der Waals surface area contributed by atoms with Crippen molar-refractivity contribution in [2.24, 2.45) is 5.92 Å². The van der Waals surface area contributed by atoms with Crippen LogP contribution >= 0.6 is 11.8 Å². The lowest BCUT2D eigenvalue weighted by atomic mass is 9.97. The van der Waals surface area contributed by atoms with Crippen molar-refractivity contribution in [2.75, 3.05) is 23.7 Å². The van der Waals surface area contributed by atoms with Crippen molar-refractivity contribution in [2.45, 2.75) is 71.3 Å². The average Bonchev–Trinajstić information content (AvgIpc) is 3.14. The summed E-state index contributed by atoms with van der Waals surface area (Å²) in [4.78, 5) is 29.8. The van der Waals surface area contributed by atoms with Gasteiger partial charge in [-0.15, -0.1) is 0 Å². The highest BCUT2D eigenvalue weighted by Crippen LogP contribution is 2.35. The van der Waals surface area contributed by atoms with Crippen LogP contribution in [0.5, 0.6) is 5.75 Å². The Hall–Kier alpha value is -1.89. The maximum atomic E-state index is 13.5. The molecular formula is C23H36N2O4S. The summed E-state index contributed by atoms with van der Waals surface area (Å²) in [6.45, 7) is 12.7. The Kier molecular flexibility index (Phi) is 8.47. The highest BCUT2D eigenvalue weighted by molar-refractivity contribution is 7.99. The number of ether oxygens (including phenoxy) is 1. The highest BCUT2D eigenvalue weighted by Gasteiger charge is 2.41. The average molecular weight is 437 g/mol. The number of nitrogens with zero attached hydrogens (tertiary/aromatic N) is 2. The van der Waals surface area contributed by atoms with Crippen LogP contribution in [0.4, 0.5) is 10.5 Å². The van der Waals surface area contributed by atoms with Gasteiger partial charge in [0.25, 0.3) is 0 Å². The van der Waals surface area contributed by atoms with Crippen LogP contribution < -0.4 is 4.90 Å². The van der Waals surface area contributed by atoms with E-state index >= 15 is 0 Å². The molecule has 1 aromatic carbocycles. The molecule has 0 saturated carbocycles. The first-order valence-corrected chi connectivity index (χ1v) is 11.9. The number of likely N-dealkylation sites (tertiary alicyclic amines) is 1. The predicted octanol–water partition coefficient (Wildman–Crippen LogP) is 4.90. The molecule has 6 nitrogen and oxygen atoms in total. The fraction of sp³-hybridized carbons (Fsp3) is 0.652. The number of carbonyl (C=O) groups excluding carboxylic acids is 2. The maximum Gasteiger partial charge on any atom is 0.410 e. The van der Waals surface area contributed by atoms with Crippen LogP contribution in [0.25, 0.3) is 0 Å². The van der Waals surface area contributed by atoms with Gasteiger partial charge < -0.3 is 19.6 Å². The number of hydrogen-bond donors (Lipinski definition) is 1. The first-order chi connectivity index (χ1) is 14.1. The summed E-state index contributed by atoms with van der Waals surface area (Å²) in [5.74, 6) is 0.715. The van der Waals surface area contributed by atoms with E-state index in [0.29, 0.717) is 18.8 Å². The van der Waals surface area contributed by atoms with Gasteiger partial charge in [0.05, 0.1) is 0 Å². The fourth-order valence-corrected chi connectivity index (χ4v) is 5.27. The molecule has 0 aliphatic carbocycles. The van der Waals surface area contributed by atoms with Crippen molar-refractivity contribution in [3.05, 3.63) is 24.3 Å². The summed E-state index contributed by atoms with van der Waals surface area (Å²) in [5.41, 5.74) is 0.137. The lowest BCUT2D eigenvalue weighted by Gasteiger charge is -2.36. The van der Waals surface area contributed by atoms with Crippen LogP contribution in [0.15, 0.2) is 24.3 Å². The molecule has 30 heavy (non-hydrogen) atoms.